The van der Waals surface area contributed by atoms with E-state index in [0.29, 0.717) is 6.42 Å². The van der Waals surface area contributed by atoms with E-state index >= 15 is 0 Å². The summed E-state index contributed by atoms with van der Waals surface area (Å²) in [5, 5.41) is 5.17. The van der Waals surface area contributed by atoms with Gasteiger partial charge in [0, 0.05) is 12.7 Å². The van der Waals surface area contributed by atoms with E-state index < -0.39 is 40.1 Å². The third-order valence-electron chi connectivity index (χ3n) is 4.67. The summed E-state index contributed by atoms with van der Waals surface area (Å²) in [6, 6.07) is 11.3. The summed E-state index contributed by atoms with van der Waals surface area (Å²) < 4.78 is 11.3. The van der Waals surface area contributed by atoms with Crippen LogP contribution in [0.15, 0.2) is 53.5 Å². The Bertz CT molecular complexity index is 1050. The van der Waals surface area contributed by atoms with E-state index in [4.69, 9.17) is 9.47 Å². The zero-order valence-corrected chi connectivity index (χ0v) is 21.3. The lowest BCUT2D eigenvalue weighted by molar-refractivity contribution is -0.143. The Kier molecular flexibility index (Phi) is 9.85. The molecule has 0 aliphatic rings. The van der Waals surface area contributed by atoms with Crippen molar-refractivity contribution in [3.05, 3.63) is 70.1 Å². The smallest absolute Gasteiger partial charge is 0.407 e. The van der Waals surface area contributed by atoms with Crippen molar-refractivity contribution in [3.63, 3.8) is 0 Å². The Balaban J connectivity index is 2.06. The number of nitrogens with zero attached hydrogens (tertiary/aromatic N) is 1. The standard InChI is InChI=1S/C24H30BrN3O6/c1-24(2,3)34-23(32)26-14-8-13-18(22(31)33-4)27-20(29)17-12-9-15-28(21(17)30)19(25)16-10-6-5-7-11-16/h5-7,9-12,15,18-19H,8,13-14H2,1-4H3,(H,26,32)(H,27,29)/t18-,19?/m0/s1. The molecule has 10 heteroatoms. The highest BCUT2D eigenvalue weighted by Gasteiger charge is 2.24. The molecule has 184 valence electrons. The minimum absolute atomic E-state index is 0.108. The van der Waals surface area contributed by atoms with Crippen LogP contribution in [0.25, 0.3) is 0 Å². The maximum absolute atomic E-state index is 13.0. The Morgan fingerprint density at radius 3 is 2.38 bits per heavy atom. The molecule has 9 nitrogen and oxygen atoms in total. The lowest BCUT2D eigenvalue weighted by Gasteiger charge is -2.20. The monoisotopic (exact) mass is 535 g/mol. The van der Waals surface area contributed by atoms with Gasteiger partial charge in [0.25, 0.3) is 11.5 Å². The lowest BCUT2D eigenvalue weighted by atomic mass is 10.1. The highest BCUT2D eigenvalue weighted by Crippen LogP contribution is 2.23. The van der Waals surface area contributed by atoms with Crippen molar-refractivity contribution in [3.8, 4) is 0 Å². The van der Waals surface area contributed by atoms with Gasteiger partial charge >= 0.3 is 12.1 Å². The minimum Gasteiger partial charge on any atom is -0.467 e. The first-order valence-electron chi connectivity index (χ1n) is 10.8. The summed E-state index contributed by atoms with van der Waals surface area (Å²) in [6.07, 6.45) is 1.57. The van der Waals surface area contributed by atoms with Gasteiger partial charge in [-0.25, -0.2) is 9.59 Å². The number of methoxy groups -OCH3 is 1. The first-order valence-corrected chi connectivity index (χ1v) is 11.7. The van der Waals surface area contributed by atoms with E-state index in [1.54, 1.807) is 33.0 Å². The molecular weight excluding hydrogens is 506 g/mol. The number of hydrogen-bond donors (Lipinski definition) is 2. The van der Waals surface area contributed by atoms with Gasteiger partial charge in [-0.15, -0.1) is 0 Å². The number of pyridine rings is 1. The Morgan fingerprint density at radius 2 is 1.76 bits per heavy atom. The second kappa shape index (κ2) is 12.4. The highest BCUT2D eigenvalue weighted by atomic mass is 79.9. The number of nitrogens with one attached hydrogen (secondary N) is 2. The first-order chi connectivity index (χ1) is 16.0. The van der Waals surface area contributed by atoms with Crippen LogP contribution >= 0.6 is 15.9 Å². The number of carbonyl (C=O) groups excluding carboxylic acids is 3. The number of halogens is 1. The fraction of sp³-hybridized carbons (Fsp3) is 0.417. The summed E-state index contributed by atoms with van der Waals surface area (Å²) in [6.45, 7) is 5.50. The van der Waals surface area contributed by atoms with Crippen LogP contribution in [0.4, 0.5) is 4.79 Å². The predicted molar refractivity (Wildman–Crippen MR) is 131 cm³/mol. The molecule has 2 rings (SSSR count). The molecule has 0 fully saturated rings. The van der Waals surface area contributed by atoms with Gasteiger partial charge in [-0.2, -0.15) is 0 Å². The zero-order valence-electron chi connectivity index (χ0n) is 19.7. The third-order valence-corrected chi connectivity index (χ3v) is 5.64. The van der Waals surface area contributed by atoms with Crippen molar-refractivity contribution >= 4 is 33.9 Å². The molecule has 34 heavy (non-hydrogen) atoms. The number of amides is 2. The van der Waals surface area contributed by atoms with Crippen LogP contribution in [0.3, 0.4) is 0 Å². The number of rotatable bonds is 9. The number of aromatic nitrogens is 1. The molecule has 0 saturated carbocycles. The van der Waals surface area contributed by atoms with Crippen LogP contribution in [0.2, 0.25) is 0 Å². The van der Waals surface area contributed by atoms with Crippen LogP contribution in [0, 0.1) is 0 Å². The van der Waals surface area contributed by atoms with Gasteiger partial charge in [0.05, 0.1) is 7.11 Å². The van der Waals surface area contributed by atoms with E-state index in [0.717, 1.165) is 5.56 Å². The van der Waals surface area contributed by atoms with Gasteiger partial charge in [0.1, 0.15) is 22.2 Å². The van der Waals surface area contributed by atoms with Crippen LogP contribution in [-0.4, -0.2) is 47.8 Å². The minimum atomic E-state index is -0.986. The van der Waals surface area contributed by atoms with Crippen molar-refractivity contribution in [1.82, 2.24) is 15.2 Å². The molecule has 0 aliphatic heterocycles. The average Bonchev–Trinajstić information content (AvgIpc) is 2.79. The van der Waals surface area contributed by atoms with E-state index in [1.807, 2.05) is 30.3 Å². The SMILES string of the molecule is COC(=O)[C@H](CCCNC(=O)OC(C)(C)C)NC(=O)c1cccn(C(Br)c2ccccc2)c1=O. The van der Waals surface area contributed by atoms with Crippen LogP contribution in [-0.2, 0) is 14.3 Å². The number of ether oxygens (including phenoxy) is 2. The Hall–Kier alpha value is -3.14. The van der Waals surface area contributed by atoms with Crippen LogP contribution in [0.1, 0.15) is 54.5 Å². The fourth-order valence-corrected chi connectivity index (χ4v) is 3.70. The van der Waals surface area contributed by atoms with Crippen molar-refractivity contribution < 1.29 is 23.9 Å². The van der Waals surface area contributed by atoms with E-state index in [-0.39, 0.29) is 18.5 Å². The van der Waals surface area contributed by atoms with Gasteiger partial charge in [-0.3, -0.25) is 14.2 Å². The Labute approximate surface area is 207 Å². The number of carbonyl (C=O) groups is 3. The largest absolute Gasteiger partial charge is 0.467 e. The van der Waals surface area contributed by atoms with Gasteiger partial charge in [0.15, 0.2) is 0 Å². The van der Waals surface area contributed by atoms with Gasteiger partial charge < -0.3 is 20.1 Å². The van der Waals surface area contributed by atoms with Crippen molar-refractivity contribution in [2.75, 3.05) is 13.7 Å². The van der Waals surface area contributed by atoms with E-state index in [2.05, 4.69) is 26.6 Å². The molecule has 2 amide bonds. The number of benzene rings is 1. The molecule has 0 saturated heterocycles. The predicted octanol–water partition coefficient (Wildman–Crippen LogP) is 3.37. The Morgan fingerprint density at radius 1 is 1.09 bits per heavy atom. The molecule has 0 aliphatic carbocycles. The van der Waals surface area contributed by atoms with Crippen molar-refractivity contribution in [2.45, 2.75) is 50.2 Å². The normalized spacial score (nSPS) is 12.9. The van der Waals surface area contributed by atoms with Crippen LogP contribution < -0.4 is 16.2 Å². The molecular formula is C24H30BrN3O6. The van der Waals surface area contributed by atoms with Crippen molar-refractivity contribution in [1.29, 1.82) is 0 Å². The molecule has 1 aromatic carbocycles. The van der Waals surface area contributed by atoms with E-state index in [1.165, 1.54) is 17.7 Å². The zero-order chi connectivity index (χ0) is 25.3. The lowest BCUT2D eigenvalue weighted by Crippen LogP contribution is -2.44. The molecule has 1 heterocycles. The first kappa shape index (κ1) is 27.1. The summed E-state index contributed by atoms with van der Waals surface area (Å²) in [4.78, 5) is 49.3. The number of esters is 1. The molecule has 2 N–H and O–H groups in total. The maximum atomic E-state index is 13.0. The fourth-order valence-electron chi connectivity index (χ4n) is 3.07. The molecule has 2 aromatic rings. The van der Waals surface area contributed by atoms with Crippen molar-refractivity contribution in [2.24, 2.45) is 0 Å². The quantitative estimate of drug-likeness (QED) is 0.289. The topological polar surface area (TPSA) is 116 Å². The molecule has 1 aromatic heterocycles. The average molecular weight is 536 g/mol. The van der Waals surface area contributed by atoms with Gasteiger partial charge in [0.2, 0.25) is 0 Å². The summed E-state index contributed by atoms with van der Waals surface area (Å²) in [5.74, 6) is -1.34. The van der Waals surface area contributed by atoms with Gasteiger partial charge in [-0.1, -0.05) is 46.3 Å². The number of alkyl halides is 1. The second-order valence-corrected chi connectivity index (χ2v) is 9.37. The maximum Gasteiger partial charge on any atom is 0.407 e. The molecule has 0 bridgehead atoms. The molecule has 0 spiro atoms. The highest BCUT2D eigenvalue weighted by molar-refractivity contribution is 9.09. The summed E-state index contributed by atoms with van der Waals surface area (Å²) >= 11 is 3.50. The molecule has 0 radical (unpaired) electrons. The number of hydrogen-bond acceptors (Lipinski definition) is 6. The summed E-state index contributed by atoms with van der Waals surface area (Å²) in [7, 11) is 1.21. The number of alkyl carbamates (subject to hydrolysis) is 1. The van der Waals surface area contributed by atoms with Crippen LogP contribution in [0.5, 0.6) is 0 Å². The van der Waals surface area contributed by atoms with E-state index in [9.17, 15) is 19.2 Å². The summed E-state index contributed by atoms with van der Waals surface area (Å²) in [5.41, 5.74) is -0.402. The second-order valence-electron chi connectivity index (χ2n) is 8.50. The third kappa shape index (κ3) is 8.02. The van der Waals surface area contributed by atoms with Gasteiger partial charge in [-0.05, 0) is 51.3 Å². The molecule has 1 unspecified atom stereocenters. The molecule has 2 atom stereocenters.